The molecule has 40 heavy (non-hydrogen) atoms. The molecule has 1 N–H and O–H groups in total. The van der Waals surface area contributed by atoms with Gasteiger partial charge in [0, 0.05) is 23.4 Å². The van der Waals surface area contributed by atoms with Gasteiger partial charge in [0.05, 0.1) is 32.5 Å². The van der Waals surface area contributed by atoms with Gasteiger partial charge in [-0.25, -0.2) is 5.01 Å². The van der Waals surface area contributed by atoms with Crippen molar-refractivity contribution >= 4 is 40.1 Å². The molecule has 4 aromatic rings. The van der Waals surface area contributed by atoms with Gasteiger partial charge in [0.2, 0.25) is 0 Å². The molecule has 0 bridgehead atoms. The predicted octanol–water partition coefficient (Wildman–Crippen LogP) is 5.85. The first kappa shape index (κ1) is 28.2. The van der Waals surface area contributed by atoms with Crippen LogP contribution in [0.1, 0.15) is 49.9 Å². The standard InChI is InChI=1S/C24H23N3O5.C5H3ClO2/c1-30-20-12-9-17(15-22(20)31-2)19-5-3-13-27(26-19)24(29)16-7-10-18(11-8-16)25-23(28)21-6-4-14-32-21;6-5(7)4-2-1-3-8-4/h4,6-12,14-15H,3,5,13H2,1-2H3,(H,25,28);1-3H. The van der Waals surface area contributed by atoms with Crippen LogP contribution in [-0.4, -0.2) is 48.5 Å². The van der Waals surface area contributed by atoms with E-state index in [1.54, 1.807) is 56.7 Å². The van der Waals surface area contributed by atoms with Crippen LogP contribution in [0.2, 0.25) is 0 Å². The van der Waals surface area contributed by atoms with E-state index in [4.69, 9.17) is 25.5 Å². The highest BCUT2D eigenvalue weighted by molar-refractivity contribution is 6.67. The minimum atomic E-state index is -0.560. The number of furan rings is 2. The summed E-state index contributed by atoms with van der Waals surface area (Å²) in [7, 11) is 3.17. The van der Waals surface area contributed by atoms with E-state index in [-0.39, 0.29) is 23.3 Å². The van der Waals surface area contributed by atoms with E-state index in [0.717, 1.165) is 24.1 Å². The summed E-state index contributed by atoms with van der Waals surface area (Å²) in [5, 5.41) is 8.24. The van der Waals surface area contributed by atoms with Gasteiger partial charge in [-0.05, 0) is 91.2 Å². The van der Waals surface area contributed by atoms with E-state index < -0.39 is 5.24 Å². The monoisotopic (exact) mass is 563 g/mol. The van der Waals surface area contributed by atoms with E-state index in [1.807, 2.05) is 18.2 Å². The predicted molar refractivity (Wildman–Crippen MR) is 148 cm³/mol. The normalized spacial score (nSPS) is 12.5. The van der Waals surface area contributed by atoms with Gasteiger partial charge in [0.25, 0.3) is 17.1 Å². The molecule has 0 radical (unpaired) electrons. The van der Waals surface area contributed by atoms with Crippen molar-refractivity contribution in [1.29, 1.82) is 0 Å². The number of carbonyl (C=O) groups is 3. The molecule has 0 saturated carbocycles. The lowest BCUT2D eigenvalue weighted by atomic mass is 10.0. The summed E-state index contributed by atoms with van der Waals surface area (Å²) < 4.78 is 20.4. The topological polar surface area (TPSA) is 124 Å². The minimum absolute atomic E-state index is 0.187. The van der Waals surface area contributed by atoms with Crippen LogP contribution in [0.5, 0.6) is 11.5 Å². The number of benzene rings is 2. The summed E-state index contributed by atoms with van der Waals surface area (Å²) in [5.74, 6) is 1.10. The summed E-state index contributed by atoms with van der Waals surface area (Å²) in [6, 6.07) is 18.6. The maximum atomic E-state index is 13.0. The summed E-state index contributed by atoms with van der Waals surface area (Å²) in [6.07, 6.45) is 4.40. The molecule has 3 heterocycles. The molecule has 2 aromatic heterocycles. The molecule has 0 fully saturated rings. The zero-order valence-corrected chi connectivity index (χ0v) is 22.5. The Balaban J connectivity index is 0.000000398. The number of rotatable bonds is 7. The average Bonchev–Trinajstić information content (AvgIpc) is 3.73. The number of amides is 2. The number of nitrogens with one attached hydrogen (secondary N) is 1. The molecule has 1 aliphatic heterocycles. The Labute approximate surface area is 235 Å². The smallest absolute Gasteiger partial charge is 0.291 e. The van der Waals surface area contributed by atoms with E-state index >= 15 is 0 Å². The third-order valence-corrected chi connectivity index (χ3v) is 6.01. The highest BCUT2D eigenvalue weighted by Crippen LogP contribution is 2.29. The number of hydrogen-bond donors (Lipinski definition) is 1. The molecule has 5 rings (SSSR count). The molecular weight excluding hydrogens is 538 g/mol. The quantitative estimate of drug-likeness (QED) is 0.280. The fourth-order valence-corrected chi connectivity index (χ4v) is 3.95. The van der Waals surface area contributed by atoms with E-state index in [1.165, 1.54) is 23.6 Å². The van der Waals surface area contributed by atoms with Gasteiger partial charge >= 0.3 is 0 Å². The van der Waals surface area contributed by atoms with E-state index in [2.05, 4.69) is 14.8 Å². The number of nitrogens with zero attached hydrogens (tertiary/aromatic N) is 2. The first-order valence-electron chi connectivity index (χ1n) is 12.2. The molecule has 0 unspecified atom stereocenters. The largest absolute Gasteiger partial charge is 0.493 e. The first-order valence-corrected chi connectivity index (χ1v) is 12.6. The summed E-state index contributed by atoms with van der Waals surface area (Å²) in [6.45, 7) is 0.534. The van der Waals surface area contributed by atoms with Crippen molar-refractivity contribution in [1.82, 2.24) is 5.01 Å². The second-order valence-corrected chi connectivity index (χ2v) is 8.75. The van der Waals surface area contributed by atoms with Crippen molar-refractivity contribution in [3.05, 3.63) is 102 Å². The van der Waals surface area contributed by atoms with Crippen molar-refractivity contribution in [2.75, 3.05) is 26.1 Å². The molecule has 2 aromatic carbocycles. The fraction of sp³-hybridized carbons (Fsp3) is 0.172. The molecule has 0 aliphatic carbocycles. The third-order valence-electron chi connectivity index (χ3n) is 5.83. The van der Waals surface area contributed by atoms with Gasteiger partial charge < -0.3 is 23.6 Å². The Bertz CT molecular complexity index is 1480. The number of halogens is 1. The molecule has 0 saturated heterocycles. The maximum Gasteiger partial charge on any atom is 0.291 e. The SMILES string of the molecule is COc1ccc(C2=NN(C(=O)c3ccc(NC(=O)c4ccco4)cc3)CCC2)cc1OC.O=C(Cl)c1ccco1. The van der Waals surface area contributed by atoms with Crippen molar-refractivity contribution in [2.45, 2.75) is 12.8 Å². The Morgan fingerprint density at radius 3 is 2.15 bits per heavy atom. The first-order chi connectivity index (χ1) is 19.4. The highest BCUT2D eigenvalue weighted by Gasteiger charge is 2.21. The van der Waals surface area contributed by atoms with Gasteiger partial charge in [-0.1, -0.05) is 0 Å². The Morgan fingerprint density at radius 1 is 0.900 bits per heavy atom. The van der Waals surface area contributed by atoms with Gasteiger partial charge in [0.1, 0.15) is 0 Å². The van der Waals surface area contributed by atoms with Crippen LogP contribution in [0, 0.1) is 0 Å². The van der Waals surface area contributed by atoms with Gasteiger partial charge in [-0.3, -0.25) is 14.4 Å². The molecule has 206 valence electrons. The van der Waals surface area contributed by atoms with Gasteiger partial charge in [-0.2, -0.15) is 5.10 Å². The fourth-order valence-electron chi connectivity index (χ4n) is 3.84. The zero-order valence-electron chi connectivity index (χ0n) is 21.8. The van der Waals surface area contributed by atoms with Crippen LogP contribution in [0.4, 0.5) is 5.69 Å². The number of methoxy groups -OCH3 is 2. The van der Waals surface area contributed by atoms with Crippen molar-refractivity contribution in [2.24, 2.45) is 5.10 Å². The zero-order chi connectivity index (χ0) is 28.5. The van der Waals surface area contributed by atoms with E-state index in [9.17, 15) is 14.4 Å². The van der Waals surface area contributed by atoms with Crippen LogP contribution in [-0.2, 0) is 0 Å². The second kappa shape index (κ2) is 13.3. The number of hydrogen-bond acceptors (Lipinski definition) is 8. The summed E-state index contributed by atoms with van der Waals surface area (Å²) in [5.41, 5.74) is 2.75. The third kappa shape index (κ3) is 6.97. The second-order valence-electron chi connectivity index (χ2n) is 8.41. The van der Waals surface area contributed by atoms with Crippen LogP contribution < -0.4 is 14.8 Å². The lowest BCUT2D eigenvalue weighted by Gasteiger charge is -2.24. The van der Waals surface area contributed by atoms with E-state index in [0.29, 0.717) is 29.3 Å². The minimum Gasteiger partial charge on any atom is -0.493 e. The number of hydrazone groups is 1. The highest BCUT2D eigenvalue weighted by atomic mass is 35.5. The lowest BCUT2D eigenvalue weighted by Crippen LogP contribution is -2.32. The van der Waals surface area contributed by atoms with Crippen LogP contribution in [0.15, 0.2) is 93.2 Å². The van der Waals surface area contributed by atoms with Gasteiger partial charge in [-0.15, -0.1) is 0 Å². The Hall–Kier alpha value is -4.83. The van der Waals surface area contributed by atoms with Crippen LogP contribution in [0.3, 0.4) is 0 Å². The van der Waals surface area contributed by atoms with Crippen LogP contribution in [0.25, 0.3) is 0 Å². The molecule has 0 atom stereocenters. The maximum absolute atomic E-state index is 13.0. The van der Waals surface area contributed by atoms with Gasteiger partial charge in [0.15, 0.2) is 23.0 Å². The number of anilines is 1. The average molecular weight is 564 g/mol. The molecule has 0 spiro atoms. The van der Waals surface area contributed by atoms with Crippen molar-refractivity contribution in [3.8, 4) is 11.5 Å². The molecule has 11 heteroatoms. The lowest BCUT2D eigenvalue weighted by molar-refractivity contribution is 0.0751. The number of ether oxygens (including phenoxy) is 2. The summed E-state index contributed by atoms with van der Waals surface area (Å²) >= 11 is 5.01. The molecule has 10 nitrogen and oxygen atoms in total. The Morgan fingerprint density at radius 2 is 1.57 bits per heavy atom. The van der Waals surface area contributed by atoms with Crippen LogP contribution >= 0.6 is 11.6 Å². The molecular formula is C29H26ClN3O7. The molecule has 1 aliphatic rings. The summed E-state index contributed by atoms with van der Waals surface area (Å²) in [4.78, 5) is 35.3. The van der Waals surface area contributed by atoms with Crippen molar-refractivity contribution in [3.63, 3.8) is 0 Å². The molecule has 2 amide bonds. The van der Waals surface area contributed by atoms with Crippen molar-refractivity contribution < 1.29 is 32.7 Å². The Kier molecular flexibility index (Phi) is 9.37. The number of carbonyl (C=O) groups excluding carboxylic acids is 3.